The van der Waals surface area contributed by atoms with Crippen molar-refractivity contribution in [2.75, 3.05) is 0 Å². The normalized spacial score (nSPS) is 12.8. The first kappa shape index (κ1) is 24.6. The third-order valence-corrected chi connectivity index (χ3v) is 5.60. The average molecular weight is 494 g/mol. The molecule has 0 bridgehead atoms. The molecule has 2 aromatic carbocycles. The highest BCUT2D eigenvalue weighted by Gasteiger charge is 2.74. The van der Waals surface area contributed by atoms with E-state index in [1.165, 1.54) is 48.0 Å². The molecule has 1 N–H and O–H groups in total. The zero-order valence-electron chi connectivity index (χ0n) is 16.9. The standard InChI is InChI=1S/C22H15ClF7NO2/c1-11-5-7-15(20(24,21(25,26)27)22(28,29)30)12(2)18(11)31-9-3-4-17(31)13-6-8-16(23)14(10-13)19(32)33/h3-10H,1-2H3,(H,32,33). The van der Waals surface area contributed by atoms with Crippen LogP contribution < -0.4 is 0 Å². The van der Waals surface area contributed by atoms with Gasteiger partial charge in [0.25, 0.3) is 0 Å². The van der Waals surface area contributed by atoms with Gasteiger partial charge in [-0.05, 0) is 54.8 Å². The molecule has 3 nitrogen and oxygen atoms in total. The maximum absolute atomic E-state index is 14.8. The predicted octanol–water partition coefficient (Wildman–Crippen LogP) is 7.40. The highest BCUT2D eigenvalue weighted by atomic mass is 35.5. The number of aromatic nitrogens is 1. The maximum Gasteiger partial charge on any atom is 0.435 e. The molecule has 0 amide bonds. The zero-order chi connectivity index (χ0) is 24.9. The summed E-state index contributed by atoms with van der Waals surface area (Å²) in [7, 11) is 0. The Balaban J connectivity index is 2.30. The minimum Gasteiger partial charge on any atom is -0.478 e. The lowest BCUT2D eigenvalue weighted by atomic mass is 9.88. The number of carbonyl (C=O) groups is 1. The first-order chi connectivity index (χ1) is 15.1. The van der Waals surface area contributed by atoms with E-state index in [1.807, 2.05) is 0 Å². The fourth-order valence-corrected chi connectivity index (χ4v) is 3.90. The quantitative estimate of drug-likeness (QED) is 0.385. The highest BCUT2D eigenvalue weighted by molar-refractivity contribution is 6.33. The van der Waals surface area contributed by atoms with Crippen LogP contribution in [0.5, 0.6) is 0 Å². The molecule has 0 unspecified atom stereocenters. The number of benzene rings is 2. The molecule has 1 heterocycles. The van der Waals surface area contributed by atoms with Crippen LogP contribution in [0.3, 0.4) is 0 Å². The van der Waals surface area contributed by atoms with E-state index >= 15 is 0 Å². The summed E-state index contributed by atoms with van der Waals surface area (Å²) in [5.74, 6) is -1.33. The molecule has 0 fully saturated rings. The van der Waals surface area contributed by atoms with Gasteiger partial charge in [0.2, 0.25) is 0 Å². The molecule has 176 valence electrons. The second-order valence-electron chi connectivity index (χ2n) is 7.32. The van der Waals surface area contributed by atoms with Crippen molar-refractivity contribution in [1.82, 2.24) is 4.57 Å². The van der Waals surface area contributed by atoms with Crippen LogP contribution in [0.25, 0.3) is 16.9 Å². The topological polar surface area (TPSA) is 42.2 Å². The monoisotopic (exact) mass is 493 g/mol. The van der Waals surface area contributed by atoms with Crippen LogP contribution in [0.4, 0.5) is 30.7 Å². The lowest BCUT2D eigenvalue weighted by Crippen LogP contribution is -2.50. The van der Waals surface area contributed by atoms with Gasteiger partial charge in [0, 0.05) is 11.8 Å². The molecule has 3 aromatic rings. The number of carboxylic acid groups (broad SMARTS) is 1. The van der Waals surface area contributed by atoms with Gasteiger partial charge >= 0.3 is 24.0 Å². The number of aryl methyl sites for hydroxylation is 1. The van der Waals surface area contributed by atoms with Gasteiger partial charge in [0.15, 0.2) is 0 Å². The zero-order valence-corrected chi connectivity index (χ0v) is 17.7. The van der Waals surface area contributed by atoms with Crippen LogP contribution in [0, 0.1) is 13.8 Å². The summed E-state index contributed by atoms with van der Waals surface area (Å²) < 4.78 is 96.3. The van der Waals surface area contributed by atoms with Crippen molar-refractivity contribution in [2.24, 2.45) is 0 Å². The van der Waals surface area contributed by atoms with Crippen molar-refractivity contribution in [3.05, 3.63) is 75.9 Å². The number of halogens is 8. The van der Waals surface area contributed by atoms with E-state index in [9.17, 15) is 40.6 Å². The van der Waals surface area contributed by atoms with Crippen molar-refractivity contribution in [3.8, 4) is 16.9 Å². The van der Waals surface area contributed by atoms with Crippen molar-refractivity contribution >= 4 is 17.6 Å². The molecule has 0 aliphatic carbocycles. The molecule has 0 saturated carbocycles. The predicted molar refractivity (Wildman–Crippen MR) is 108 cm³/mol. The van der Waals surface area contributed by atoms with E-state index in [4.69, 9.17) is 11.6 Å². The second-order valence-corrected chi connectivity index (χ2v) is 7.73. The first-order valence-electron chi connectivity index (χ1n) is 9.25. The van der Waals surface area contributed by atoms with Gasteiger partial charge in [0.05, 0.1) is 22.0 Å². The molecular weight excluding hydrogens is 479 g/mol. The third kappa shape index (κ3) is 3.96. The molecule has 0 spiro atoms. The fraction of sp³-hybridized carbons (Fsp3) is 0.227. The summed E-state index contributed by atoms with van der Waals surface area (Å²) in [5, 5.41) is 9.24. The number of aromatic carboxylic acids is 1. The molecular formula is C22H15ClF7NO2. The molecule has 33 heavy (non-hydrogen) atoms. The lowest BCUT2D eigenvalue weighted by molar-refractivity contribution is -0.348. The largest absolute Gasteiger partial charge is 0.478 e. The minimum absolute atomic E-state index is 0.0590. The summed E-state index contributed by atoms with van der Waals surface area (Å²) in [4.78, 5) is 11.4. The first-order valence-corrected chi connectivity index (χ1v) is 9.63. The number of alkyl halides is 7. The number of carboxylic acids is 1. The van der Waals surface area contributed by atoms with Gasteiger partial charge in [0.1, 0.15) is 0 Å². The summed E-state index contributed by atoms with van der Waals surface area (Å²) in [5.41, 5.74) is -7.28. The molecule has 0 radical (unpaired) electrons. The van der Waals surface area contributed by atoms with E-state index in [1.54, 1.807) is 0 Å². The number of nitrogens with zero attached hydrogens (tertiary/aromatic N) is 1. The second kappa shape index (κ2) is 8.09. The van der Waals surface area contributed by atoms with E-state index in [0.29, 0.717) is 6.07 Å². The Bertz CT molecular complexity index is 1210. The molecule has 0 atom stereocenters. The maximum atomic E-state index is 14.8. The smallest absolute Gasteiger partial charge is 0.435 e. The fourth-order valence-electron chi connectivity index (χ4n) is 3.71. The molecule has 3 rings (SSSR count). The van der Waals surface area contributed by atoms with Gasteiger partial charge in [-0.25, -0.2) is 9.18 Å². The molecule has 0 aliphatic rings. The van der Waals surface area contributed by atoms with Crippen LogP contribution in [-0.2, 0) is 5.67 Å². The lowest BCUT2D eigenvalue weighted by Gasteiger charge is -2.32. The van der Waals surface area contributed by atoms with Crippen LogP contribution in [0.15, 0.2) is 48.7 Å². The van der Waals surface area contributed by atoms with E-state index < -0.39 is 35.1 Å². The number of hydrogen-bond donors (Lipinski definition) is 1. The Morgan fingerprint density at radius 2 is 1.55 bits per heavy atom. The minimum atomic E-state index is -6.26. The van der Waals surface area contributed by atoms with Crippen LogP contribution in [0.1, 0.15) is 27.0 Å². The van der Waals surface area contributed by atoms with Crippen LogP contribution >= 0.6 is 11.6 Å². The van der Waals surface area contributed by atoms with Gasteiger partial charge in [-0.2, -0.15) is 26.3 Å². The summed E-state index contributed by atoms with van der Waals surface area (Å²) in [6, 6.07) is 8.35. The Morgan fingerprint density at radius 3 is 2.09 bits per heavy atom. The summed E-state index contributed by atoms with van der Waals surface area (Å²) in [6.45, 7) is 2.42. The van der Waals surface area contributed by atoms with Crippen molar-refractivity contribution in [2.45, 2.75) is 31.9 Å². The number of hydrogen-bond acceptors (Lipinski definition) is 1. The third-order valence-electron chi connectivity index (χ3n) is 5.27. The van der Waals surface area contributed by atoms with Gasteiger partial charge in [-0.1, -0.05) is 29.8 Å². The van der Waals surface area contributed by atoms with E-state index in [-0.39, 0.29) is 33.1 Å². The summed E-state index contributed by atoms with van der Waals surface area (Å²) in [6.07, 6.45) is -11.1. The van der Waals surface area contributed by atoms with Crippen molar-refractivity contribution < 1.29 is 40.6 Å². The van der Waals surface area contributed by atoms with Crippen molar-refractivity contribution in [1.29, 1.82) is 0 Å². The Morgan fingerprint density at radius 1 is 0.939 bits per heavy atom. The van der Waals surface area contributed by atoms with E-state index in [2.05, 4.69) is 0 Å². The highest BCUT2D eigenvalue weighted by Crippen LogP contribution is 2.54. The van der Waals surface area contributed by atoms with Crippen molar-refractivity contribution in [3.63, 3.8) is 0 Å². The average Bonchev–Trinajstić information content (AvgIpc) is 3.15. The van der Waals surface area contributed by atoms with E-state index in [0.717, 1.165) is 13.0 Å². The molecule has 0 aliphatic heterocycles. The Hall–Kier alpha value is -3.01. The summed E-state index contributed by atoms with van der Waals surface area (Å²) >= 11 is 5.87. The van der Waals surface area contributed by atoms with Gasteiger partial charge < -0.3 is 9.67 Å². The SMILES string of the molecule is Cc1ccc(C(F)(C(F)(F)F)C(F)(F)F)c(C)c1-n1cccc1-c1ccc(Cl)c(C(=O)O)c1. The van der Waals surface area contributed by atoms with Gasteiger partial charge in [-0.15, -0.1) is 0 Å². The molecule has 11 heteroatoms. The molecule has 1 aromatic heterocycles. The Kier molecular flexibility index (Phi) is 6.04. The Labute approximate surface area is 188 Å². The number of rotatable bonds is 4. The van der Waals surface area contributed by atoms with Crippen LogP contribution in [0.2, 0.25) is 5.02 Å². The molecule has 0 saturated heterocycles. The van der Waals surface area contributed by atoms with Crippen LogP contribution in [-0.4, -0.2) is 28.0 Å². The van der Waals surface area contributed by atoms with Gasteiger partial charge in [-0.3, -0.25) is 0 Å².